The van der Waals surface area contributed by atoms with Crippen LogP contribution in [0.3, 0.4) is 0 Å². The first-order valence-electron chi connectivity index (χ1n) is 13.3. The van der Waals surface area contributed by atoms with E-state index in [0.29, 0.717) is 66.8 Å². The maximum absolute atomic E-state index is 12.5. The van der Waals surface area contributed by atoms with E-state index in [0.717, 1.165) is 12.5 Å². The minimum Gasteiger partial charge on any atom is -0.494 e. The summed E-state index contributed by atoms with van der Waals surface area (Å²) in [7, 11) is 0. The minimum absolute atomic E-state index is 0.310. The molecule has 3 rings (SSSR count). The van der Waals surface area contributed by atoms with Crippen LogP contribution in [0, 0.1) is 0 Å². The lowest BCUT2D eigenvalue weighted by Gasteiger charge is -2.09. The minimum atomic E-state index is -0.532. The van der Waals surface area contributed by atoms with Gasteiger partial charge in [-0.3, -0.25) is 0 Å². The second kappa shape index (κ2) is 17.8. The third kappa shape index (κ3) is 11.0. The fourth-order valence-corrected chi connectivity index (χ4v) is 3.13. The number of hydrogen-bond acceptors (Lipinski definition) is 8. The highest BCUT2D eigenvalue weighted by atomic mass is 16.5. The molecule has 0 aliphatic rings. The summed E-state index contributed by atoms with van der Waals surface area (Å²) in [6.45, 7) is 10.7. The molecule has 212 valence electrons. The van der Waals surface area contributed by atoms with Gasteiger partial charge in [0, 0.05) is 6.08 Å². The summed E-state index contributed by atoms with van der Waals surface area (Å²) in [4.78, 5) is 35.8. The quantitative estimate of drug-likeness (QED) is 0.0936. The van der Waals surface area contributed by atoms with Crippen LogP contribution >= 0.6 is 0 Å². The van der Waals surface area contributed by atoms with Gasteiger partial charge in [0.1, 0.15) is 23.0 Å². The van der Waals surface area contributed by atoms with Crippen molar-refractivity contribution in [2.24, 2.45) is 0 Å². The standard InChI is InChI=1S/C30H30O8.C2H6/c1-3-19-34-24-11-7-22(8-12-24)29(32)37-26-15-17-27(18-16-26)38-30(33)23-9-13-25(14-10-23)35-20-5-6-21-36-28(31)4-2;1-2/h4,7-18H,2-3,5-6,19-21H2,1H3;1-2H3. The molecule has 0 radical (unpaired) electrons. The van der Waals surface area contributed by atoms with Crippen LogP contribution in [-0.4, -0.2) is 37.7 Å². The molecule has 8 heteroatoms. The zero-order valence-electron chi connectivity index (χ0n) is 23.2. The summed E-state index contributed by atoms with van der Waals surface area (Å²) in [5.74, 6) is 0.455. The lowest BCUT2D eigenvalue weighted by atomic mass is 10.2. The van der Waals surface area contributed by atoms with Gasteiger partial charge < -0.3 is 23.7 Å². The normalized spacial score (nSPS) is 9.88. The number of unbranched alkanes of at least 4 members (excludes halogenated alkanes) is 1. The van der Waals surface area contributed by atoms with E-state index in [4.69, 9.17) is 23.7 Å². The van der Waals surface area contributed by atoms with Crippen LogP contribution in [-0.2, 0) is 9.53 Å². The molecular weight excluding hydrogens is 512 g/mol. The highest BCUT2D eigenvalue weighted by Gasteiger charge is 2.12. The average Bonchev–Trinajstić information content (AvgIpc) is 3.00. The lowest BCUT2D eigenvalue weighted by molar-refractivity contribution is -0.137. The van der Waals surface area contributed by atoms with E-state index < -0.39 is 17.9 Å². The Morgan fingerprint density at radius 1 is 0.625 bits per heavy atom. The Kier molecular flexibility index (Phi) is 14.1. The maximum atomic E-state index is 12.5. The van der Waals surface area contributed by atoms with E-state index in [2.05, 4.69) is 6.58 Å². The molecule has 0 aliphatic carbocycles. The van der Waals surface area contributed by atoms with Gasteiger partial charge in [-0.05, 0) is 92.1 Å². The molecule has 0 atom stereocenters. The third-order valence-corrected chi connectivity index (χ3v) is 5.12. The number of hydrogen-bond donors (Lipinski definition) is 0. The molecule has 3 aromatic rings. The van der Waals surface area contributed by atoms with Crippen molar-refractivity contribution in [3.05, 3.63) is 96.6 Å². The first kappa shape index (κ1) is 31.6. The van der Waals surface area contributed by atoms with Crippen molar-refractivity contribution in [1.82, 2.24) is 0 Å². The van der Waals surface area contributed by atoms with E-state index >= 15 is 0 Å². The molecule has 3 aromatic carbocycles. The molecule has 0 unspecified atom stereocenters. The summed E-state index contributed by atoms with van der Waals surface area (Å²) in [6, 6.07) is 19.5. The van der Waals surface area contributed by atoms with E-state index in [1.165, 1.54) is 0 Å². The number of ether oxygens (including phenoxy) is 5. The van der Waals surface area contributed by atoms with Crippen LogP contribution in [0.2, 0.25) is 0 Å². The van der Waals surface area contributed by atoms with Crippen molar-refractivity contribution in [1.29, 1.82) is 0 Å². The smallest absolute Gasteiger partial charge is 0.343 e. The first-order valence-corrected chi connectivity index (χ1v) is 13.3. The molecule has 40 heavy (non-hydrogen) atoms. The van der Waals surface area contributed by atoms with Gasteiger partial charge in [0.25, 0.3) is 0 Å². The van der Waals surface area contributed by atoms with E-state index in [1.807, 2.05) is 20.8 Å². The highest BCUT2D eigenvalue weighted by Crippen LogP contribution is 2.21. The Hall–Kier alpha value is -4.59. The third-order valence-electron chi connectivity index (χ3n) is 5.12. The molecule has 0 bridgehead atoms. The highest BCUT2D eigenvalue weighted by molar-refractivity contribution is 5.92. The molecule has 0 N–H and O–H groups in total. The van der Waals surface area contributed by atoms with Crippen LogP contribution in [0.25, 0.3) is 0 Å². The number of carbonyl (C=O) groups excluding carboxylic acids is 3. The molecule has 0 spiro atoms. The van der Waals surface area contributed by atoms with Crippen molar-refractivity contribution in [2.45, 2.75) is 40.0 Å². The second-order valence-corrected chi connectivity index (χ2v) is 8.07. The van der Waals surface area contributed by atoms with Crippen LogP contribution in [0.1, 0.15) is 60.7 Å². The first-order chi connectivity index (χ1) is 19.5. The second-order valence-electron chi connectivity index (χ2n) is 8.07. The van der Waals surface area contributed by atoms with Crippen molar-refractivity contribution >= 4 is 17.9 Å². The van der Waals surface area contributed by atoms with Crippen molar-refractivity contribution < 1.29 is 38.1 Å². The Labute approximate surface area is 235 Å². The fraction of sp³-hybridized carbons (Fsp3) is 0.281. The van der Waals surface area contributed by atoms with Gasteiger partial charge in [-0.15, -0.1) is 0 Å². The van der Waals surface area contributed by atoms with Gasteiger partial charge in [0.15, 0.2) is 0 Å². The monoisotopic (exact) mass is 548 g/mol. The largest absolute Gasteiger partial charge is 0.494 e. The lowest BCUT2D eigenvalue weighted by Crippen LogP contribution is -2.10. The summed E-state index contributed by atoms with van der Waals surface area (Å²) in [5.41, 5.74) is 0.751. The number of carbonyl (C=O) groups is 3. The van der Waals surface area contributed by atoms with E-state index in [-0.39, 0.29) is 0 Å². The molecule has 0 aromatic heterocycles. The molecule has 0 aliphatic heterocycles. The van der Waals surface area contributed by atoms with Crippen LogP contribution in [0.5, 0.6) is 23.0 Å². The van der Waals surface area contributed by atoms with Gasteiger partial charge in [0.05, 0.1) is 30.9 Å². The summed E-state index contributed by atoms with van der Waals surface area (Å²) < 4.78 is 26.8. The van der Waals surface area contributed by atoms with Crippen molar-refractivity contribution in [3.63, 3.8) is 0 Å². The molecule has 8 nitrogen and oxygen atoms in total. The van der Waals surface area contributed by atoms with Gasteiger partial charge in [-0.1, -0.05) is 27.4 Å². The van der Waals surface area contributed by atoms with E-state index in [1.54, 1.807) is 72.8 Å². The summed E-state index contributed by atoms with van der Waals surface area (Å²) in [5, 5.41) is 0. The van der Waals surface area contributed by atoms with Gasteiger partial charge in [-0.2, -0.15) is 0 Å². The Bertz CT molecular complexity index is 1200. The molecular formula is C32H36O8. The molecule has 0 saturated heterocycles. The van der Waals surface area contributed by atoms with Crippen molar-refractivity contribution in [3.8, 4) is 23.0 Å². The maximum Gasteiger partial charge on any atom is 0.343 e. The van der Waals surface area contributed by atoms with Crippen molar-refractivity contribution in [2.75, 3.05) is 19.8 Å². The molecule has 0 saturated carbocycles. The topological polar surface area (TPSA) is 97.4 Å². The Morgan fingerprint density at radius 2 is 1.02 bits per heavy atom. The van der Waals surface area contributed by atoms with Crippen LogP contribution in [0.15, 0.2) is 85.5 Å². The number of esters is 3. The SMILES string of the molecule is C=CC(=O)OCCCCOc1ccc(C(=O)Oc2ccc(OC(=O)c3ccc(OCCC)cc3)cc2)cc1.CC. The Balaban J connectivity index is 0.00000274. The summed E-state index contributed by atoms with van der Waals surface area (Å²) >= 11 is 0. The average molecular weight is 549 g/mol. The number of rotatable bonds is 14. The van der Waals surface area contributed by atoms with Gasteiger partial charge in [0.2, 0.25) is 0 Å². The predicted octanol–water partition coefficient (Wildman–Crippen LogP) is 6.83. The zero-order valence-corrected chi connectivity index (χ0v) is 23.2. The molecule has 0 amide bonds. The Morgan fingerprint density at radius 3 is 1.45 bits per heavy atom. The zero-order chi connectivity index (χ0) is 29.2. The fourth-order valence-electron chi connectivity index (χ4n) is 3.13. The molecule has 0 heterocycles. The van der Waals surface area contributed by atoms with Crippen LogP contribution < -0.4 is 18.9 Å². The molecule has 0 fully saturated rings. The van der Waals surface area contributed by atoms with E-state index in [9.17, 15) is 14.4 Å². The van der Waals surface area contributed by atoms with Gasteiger partial charge >= 0.3 is 17.9 Å². The predicted molar refractivity (Wildman–Crippen MR) is 152 cm³/mol. The van der Waals surface area contributed by atoms with Crippen LogP contribution in [0.4, 0.5) is 0 Å². The summed E-state index contributed by atoms with van der Waals surface area (Å²) in [6.07, 6.45) is 3.40. The van der Waals surface area contributed by atoms with Gasteiger partial charge in [-0.25, -0.2) is 14.4 Å². The number of benzene rings is 3.